The first-order valence-corrected chi connectivity index (χ1v) is 7.52. The molecular weight excluding hydrogens is 242 g/mol. The molecule has 1 aromatic carbocycles. The van der Waals surface area contributed by atoms with Gasteiger partial charge in [0.05, 0.1) is 5.69 Å². The molecule has 1 aliphatic carbocycles. The number of hydrogen-bond acceptors (Lipinski definition) is 1. The minimum atomic E-state index is -2.05. The fourth-order valence-corrected chi connectivity index (χ4v) is 3.21. The van der Waals surface area contributed by atoms with Crippen LogP contribution in [0.15, 0.2) is 36.5 Å². The van der Waals surface area contributed by atoms with Crippen molar-refractivity contribution in [3.63, 3.8) is 0 Å². The maximum Gasteiger partial charge on any atom is 0.0704 e. The number of hydrogen-bond donors (Lipinski definition) is 0. The molecule has 0 amide bonds. The van der Waals surface area contributed by atoms with Gasteiger partial charge in [-0.25, -0.2) is 0 Å². The number of aromatic nitrogens is 1. The molecule has 20 heavy (non-hydrogen) atoms. The average Bonchev–Trinajstić information content (AvgIpc) is 2.55. The van der Waals surface area contributed by atoms with Crippen LogP contribution in [0.3, 0.4) is 0 Å². The van der Waals surface area contributed by atoms with Gasteiger partial charge in [0.25, 0.3) is 0 Å². The van der Waals surface area contributed by atoms with Gasteiger partial charge in [0, 0.05) is 15.9 Å². The molecule has 0 unspecified atom stereocenters. The Morgan fingerprint density at radius 3 is 2.50 bits per heavy atom. The summed E-state index contributed by atoms with van der Waals surface area (Å²) in [6, 6.07) is 9.19. The van der Waals surface area contributed by atoms with Crippen molar-refractivity contribution in [2.24, 2.45) is 0 Å². The molecule has 0 radical (unpaired) electrons. The van der Waals surface area contributed by atoms with E-state index in [0.717, 1.165) is 11.3 Å². The van der Waals surface area contributed by atoms with E-state index in [4.69, 9.17) is 4.11 Å². The molecule has 1 nitrogen and oxygen atoms in total. The molecule has 0 bridgehead atoms. The summed E-state index contributed by atoms with van der Waals surface area (Å²) in [7, 11) is 0. The first-order valence-electron chi connectivity index (χ1n) is 9.02. The van der Waals surface area contributed by atoms with Gasteiger partial charge in [-0.15, -0.1) is 0 Å². The van der Waals surface area contributed by atoms with Gasteiger partial charge in [0.2, 0.25) is 0 Å². The van der Waals surface area contributed by atoms with Crippen molar-refractivity contribution in [1.82, 2.24) is 4.98 Å². The third-order valence-corrected chi connectivity index (χ3v) is 4.38. The monoisotopic (exact) mass is 268 g/mol. The summed E-state index contributed by atoms with van der Waals surface area (Å²) in [6.07, 6.45) is 8.57. The number of benzene rings is 1. The highest BCUT2D eigenvalue weighted by atomic mass is 14.7. The summed E-state index contributed by atoms with van der Waals surface area (Å²) in [5.41, 5.74) is 4.93. The number of pyridine rings is 1. The zero-order valence-corrected chi connectivity index (χ0v) is 12.0. The van der Waals surface area contributed by atoms with Crippen molar-refractivity contribution in [3.8, 4) is 11.3 Å². The molecule has 1 aromatic heterocycles. The standard InChI is InChI=1S/C19H23N/c1-14-8-10-17(11-9-14)19-12-15(2)18(13-20-19)16-6-4-3-5-7-16/h8-13,16H,3-7H2,1-2H3/i1D3. The van der Waals surface area contributed by atoms with Gasteiger partial charge < -0.3 is 0 Å². The molecule has 104 valence electrons. The highest BCUT2D eigenvalue weighted by Gasteiger charge is 2.17. The first-order chi connectivity index (χ1) is 10.9. The van der Waals surface area contributed by atoms with Gasteiger partial charge in [-0.2, -0.15) is 0 Å². The normalized spacial score (nSPS) is 19.1. The van der Waals surface area contributed by atoms with Crippen molar-refractivity contribution in [2.75, 3.05) is 0 Å². The Kier molecular flexibility index (Phi) is 2.93. The SMILES string of the molecule is [2H]C([2H])([2H])c1ccc(-c2cc(C)c(C3CCCCC3)cn2)cc1. The molecule has 3 rings (SSSR count). The number of rotatable bonds is 2. The second kappa shape index (κ2) is 5.78. The Hall–Kier alpha value is -1.63. The Balaban J connectivity index is 1.85. The highest BCUT2D eigenvalue weighted by molar-refractivity contribution is 5.60. The van der Waals surface area contributed by atoms with Crippen LogP contribution in [-0.2, 0) is 0 Å². The van der Waals surface area contributed by atoms with Crippen LogP contribution in [0.5, 0.6) is 0 Å². The Morgan fingerprint density at radius 1 is 1.10 bits per heavy atom. The van der Waals surface area contributed by atoms with E-state index in [1.54, 1.807) is 12.1 Å². The van der Waals surface area contributed by atoms with E-state index in [9.17, 15) is 0 Å². The fraction of sp³-hybridized carbons (Fsp3) is 0.421. The topological polar surface area (TPSA) is 12.9 Å². The van der Waals surface area contributed by atoms with Gasteiger partial charge in [-0.05, 0) is 49.7 Å². The van der Waals surface area contributed by atoms with Crippen LogP contribution < -0.4 is 0 Å². The van der Waals surface area contributed by atoms with E-state index >= 15 is 0 Å². The summed E-state index contributed by atoms with van der Waals surface area (Å²) in [5.74, 6) is 0.656. The largest absolute Gasteiger partial charge is 0.256 e. The molecule has 0 saturated heterocycles. The van der Waals surface area contributed by atoms with Crippen LogP contribution in [-0.4, -0.2) is 4.98 Å². The molecule has 1 heterocycles. The third kappa shape index (κ3) is 2.77. The number of aryl methyl sites for hydroxylation is 2. The zero-order valence-electron chi connectivity index (χ0n) is 15.0. The summed E-state index contributed by atoms with van der Waals surface area (Å²) in [6.45, 7) is 0.110. The molecule has 0 N–H and O–H groups in total. The summed E-state index contributed by atoms with van der Waals surface area (Å²) >= 11 is 0. The average molecular weight is 268 g/mol. The van der Waals surface area contributed by atoms with Crippen molar-refractivity contribution in [1.29, 1.82) is 0 Å². The molecule has 1 fully saturated rings. The van der Waals surface area contributed by atoms with E-state index < -0.39 is 6.85 Å². The fourth-order valence-electron chi connectivity index (χ4n) is 3.21. The highest BCUT2D eigenvalue weighted by Crippen LogP contribution is 2.34. The predicted octanol–water partition coefficient (Wildman–Crippen LogP) is 5.41. The van der Waals surface area contributed by atoms with Crippen LogP contribution in [0.1, 0.15) is 58.8 Å². The Labute approximate surface area is 126 Å². The first kappa shape index (κ1) is 10.1. The lowest BCUT2D eigenvalue weighted by molar-refractivity contribution is 0.441. The molecule has 0 aliphatic heterocycles. The Bertz CT molecular complexity index is 668. The second-order valence-corrected chi connectivity index (χ2v) is 5.84. The van der Waals surface area contributed by atoms with E-state index in [-0.39, 0.29) is 0 Å². The maximum atomic E-state index is 7.44. The van der Waals surface area contributed by atoms with Gasteiger partial charge in [0.1, 0.15) is 0 Å². The predicted molar refractivity (Wildman–Crippen MR) is 85.0 cm³/mol. The van der Waals surface area contributed by atoms with Gasteiger partial charge >= 0.3 is 0 Å². The molecule has 1 aliphatic rings. The van der Waals surface area contributed by atoms with Gasteiger partial charge in [0.15, 0.2) is 0 Å². The second-order valence-electron chi connectivity index (χ2n) is 5.84. The number of nitrogens with zero attached hydrogens (tertiary/aromatic N) is 1. The lowest BCUT2D eigenvalue weighted by atomic mass is 9.83. The van der Waals surface area contributed by atoms with Crippen LogP contribution in [0.2, 0.25) is 0 Å². The summed E-state index contributed by atoms with van der Waals surface area (Å²) in [4.78, 5) is 4.64. The van der Waals surface area contributed by atoms with E-state index in [1.165, 1.54) is 43.2 Å². The lowest BCUT2D eigenvalue weighted by Gasteiger charge is -2.23. The smallest absolute Gasteiger partial charge is 0.0704 e. The van der Waals surface area contributed by atoms with Crippen LogP contribution in [0.25, 0.3) is 11.3 Å². The lowest BCUT2D eigenvalue weighted by Crippen LogP contribution is -2.07. The van der Waals surface area contributed by atoms with Crippen molar-refractivity contribution < 1.29 is 4.11 Å². The van der Waals surface area contributed by atoms with E-state index in [0.29, 0.717) is 11.5 Å². The Morgan fingerprint density at radius 2 is 1.85 bits per heavy atom. The zero-order chi connectivity index (χ0) is 16.4. The van der Waals surface area contributed by atoms with Crippen molar-refractivity contribution in [3.05, 3.63) is 53.2 Å². The minimum absolute atomic E-state index is 0.372. The quantitative estimate of drug-likeness (QED) is 0.709. The van der Waals surface area contributed by atoms with Crippen molar-refractivity contribution >= 4 is 0 Å². The maximum absolute atomic E-state index is 7.44. The van der Waals surface area contributed by atoms with Crippen molar-refractivity contribution in [2.45, 2.75) is 51.8 Å². The molecule has 0 atom stereocenters. The van der Waals surface area contributed by atoms with Crippen LogP contribution in [0.4, 0.5) is 0 Å². The molecule has 1 heteroatoms. The molecule has 1 saturated carbocycles. The summed E-state index contributed by atoms with van der Waals surface area (Å²) in [5, 5.41) is 0. The van der Waals surface area contributed by atoms with E-state index in [1.807, 2.05) is 18.3 Å². The van der Waals surface area contributed by atoms with Gasteiger partial charge in [-0.3, -0.25) is 4.98 Å². The molecule has 2 aromatic rings. The van der Waals surface area contributed by atoms with Crippen LogP contribution >= 0.6 is 0 Å². The van der Waals surface area contributed by atoms with Gasteiger partial charge in [-0.1, -0.05) is 49.1 Å². The third-order valence-electron chi connectivity index (χ3n) is 4.38. The summed E-state index contributed by atoms with van der Waals surface area (Å²) < 4.78 is 22.3. The minimum Gasteiger partial charge on any atom is -0.256 e. The van der Waals surface area contributed by atoms with Crippen LogP contribution in [0, 0.1) is 13.8 Å². The van der Waals surface area contributed by atoms with E-state index in [2.05, 4.69) is 18.0 Å². The molecular formula is C19H23N. The molecule has 0 spiro atoms.